The first-order valence-corrected chi connectivity index (χ1v) is 6.05. The number of hydrogen-bond donors (Lipinski definition) is 4. The molecule has 6 heteroatoms. The van der Waals surface area contributed by atoms with E-state index >= 15 is 0 Å². The maximum absolute atomic E-state index is 10.5. The zero-order valence-corrected chi connectivity index (χ0v) is 11.4. The van der Waals surface area contributed by atoms with E-state index < -0.39 is 11.9 Å². The Bertz CT molecular complexity index is 641. The zero-order valence-electron chi connectivity index (χ0n) is 11.4. The van der Waals surface area contributed by atoms with E-state index in [2.05, 4.69) is 5.32 Å². The predicted octanol–water partition coefficient (Wildman–Crippen LogP) is 2.39. The summed E-state index contributed by atoms with van der Waals surface area (Å²) in [6.07, 6.45) is 0. The van der Waals surface area contributed by atoms with Crippen molar-refractivity contribution in [1.29, 1.82) is 0 Å². The molecular formula is C15H16N2O4. The molecule has 0 bridgehead atoms. The Hall–Kier alpha value is -3.02. The molecule has 0 aliphatic rings. The second-order valence-electron chi connectivity index (χ2n) is 3.99. The normalized spacial score (nSPS) is 9.19. The molecular weight excluding hydrogens is 272 g/mol. The summed E-state index contributed by atoms with van der Waals surface area (Å²) in [7, 11) is 1.70. The summed E-state index contributed by atoms with van der Waals surface area (Å²) in [4.78, 5) is 20.9. The van der Waals surface area contributed by atoms with Crippen molar-refractivity contribution in [2.45, 2.75) is 0 Å². The Kier molecular flexibility index (Phi) is 5.76. The molecule has 0 aliphatic carbocycles. The number of hydrogen-bond acceptors (Lipinski definition) is 4. The summed E-state index contributed by atoms with van der Waals surface area (Å²) in [5.41, 5.74) is 6.74. The average molecular weight is 288 g/mol. The van der Waals surface area contributed by atoms with Crippen LogP contribution in [0.1, 0.15) is 20.7 Å². The number of nitrogens with two attached hydrogens (primary N) is 1. The van der Waals surface area contributed by atoms with Crippen LogP contribution in [0.2, 0.25) is 0 Å². The topological polar surface area (TPSA) is 113 Å². The maximum Gasteiger partial charge on any atom is 0.337 e. The van der Waals surface area contributed by atoms with Crippen molar-refractivity contribution in [2.75, 3.05) is 18.1 Å². The minimum Gasteiger partial charge on any atom is -0.478 e. The molecule has 5 N–H and O–H groups in total. The fourth-order valence-electron chi connectivity index (χ4n) is 1.58. The van der Waals surface area contributed by atoms with E-state index in [1.807, 2.05) is 0 Å². The minimum absolute atomic E-state index is 0.155. The van der Waals surface area contributed by atoms with Crippen molar-refractivity contribution >= 4 is 23.3 Å². The minimum atomic E-state index is -0.988. The van der Waals surface area contributed by atoms with Gasteiger partial charge in [-0.25, -0.2) is 9.59 Å². The van der Waals surface area contributed by atoms with E-state index in [4.69, 9.17) is 15.9 Å². The van der Waals surface area contributed by atoms with E-state index in [0.29, 0.717) is 16.9 Å². The van der Waals surface area contributed by atoms with Gasteiger partial charge in [0.05, 0.1) is 11.1 Å². The van der Waals surface area contributed by atoms with Crippen molar-refractivity contribution in [3.63, 3.8) is 0 Å². The van der Waals surface area contributed by atoms with Crippen LogP contribution in [0.15, 0.2) is 48.5 Å². The lowest BCUT2D eigenvalue weighted by Gasteiger charge is -2.02. The van der Waals surface area contributed by atoms with E-state index in [1.54, 1.807) is 49.5 Å². The first-order chi connectivity index (χ1) is 9.97. The van der Waals surface area contributed by atoms with Gasteiger partial charge in [-0.2, -0.15) is 0 Å². The lowest BCUT2D eigenvalue weighted by molar-refractivity contribution is 0.0687. The molecule has 0 aliphatic heterocycles. The van der Waals surface area contributed by atoms with E-state index in [9.17, 15) is 9.59 Å². The van der Waals surface area contributed by atoms with Crippen molar-refractivity contribution in [3.8, 4) is 0 Å². The molecule has 0 aromatic heterocycles. The zero-order chi connectivity index (χ0) is 15.8. The molecule has 0 heterocycles. The van der Waals surface area contributed by atoms with E-state index in [-0.39, 0.29) is 5.56 Å². The van der Waals surface area contributed by atoms with Crippen molar-refractivity contribution in [1.82, 2.24) is 0 Å². The number of nitrogens with one attached hydrogen (secondary N) is 1. The highest BCUT2D eigenvalue weighted by Gasteiger charge is 2.06. The third-order valence-electron chi connectivity index (χ3n) is 2.62. The third kappa shape index (κ3) is 4.54. The van der Waals surface area contributed by atoms with Crippen LogP contribution < -0.4 is 11.1 Å². The van der Waals surface area contributed by atoms with E-state index in [0.717, 1.165) is 0 Å². The van der Waals surface area contributed by atoms with Crippen LogP contribution in [0, 0.1) is 0 Å². The van der Waals surface area contributed by atoms with E-state index in [1.165, 1.54) is 6.07 Å². The van der Waals surface area contributed by atoms with Gasteiger partial charge in [0.2, 0.25) is 0 Å². The van der Waals surface area contributed by atoms with Gasteiger partial charge in [0.15, 0.2) is 0 Å². The van der Waals surface area contributed by atoms with Crippen LogP contribution in [-0.2, 0) is 0 Å². The Morgan fingerprint density at radius 3 is 1.76 bits per heavy atom. The third-order valence-corrected chi connectivity index (χ3v) is 2.62. The molecule has 2 aromatic carbocycles. The van der Waals surface area contributed by atoms with Crippen LogP contribution in [0.5, 0.6) is 0 Å². The standard InChI is InChI=1S/C8H9NO2.C7H7NO2/c1-9-7-5-3-2-4-6(7)8(10)11;8-6-4-2-1-3-5(6)7(9)10/h2-5,9H,1H3,(H,10,11);1-4H,8H2,(H,9,10). The highest BCUT2D eigenvalue weighted by atomic mass is 16.4. The molecule has 6 nitrogen and oxygen atoms in total. The molecule has 0 radical (unpaired) electrons. The van der Waals surface area contributed by atoms with Gasteiger partial charge in [-0.15, -0.1) is 0 Å². The van der Waals surface area contributed by atoms with Gasteiger partial charge >= 0.3 is 11.9 Å². The summed E-state index contributed by atoms with van der Waals surface area (Å²) in [6, 6.07) is 13.1. The number of para-hydroxylation sites is 2. The Balaban J connectivity index is 0.000000211. The van der Waals surface area contributed by atoms with Crippen LogP contribution in [0.25, 0.3) is 0 Å². The summed E-state index contributed by atoms with van der Waals surface area (Å²) < 4.78 is 0. The second kappa shape index (κ2) is 7.54. The summed E-state index contributed by atoms with van der Waals surface area (Å²) >= 11 is 0. The molecule has 21 heavy (non-hydrogen) atoms. The van der Waals surface area contributed by atoms with Crippen LogP contribution in [-0.4, -0.2) is 29.2 Å². The van der Waals surface area contributed by atoms with Crippen LogP contribution >= 0.6 is 0 Å². The summed E-state index contributed by atoms with van der Waals surface area (Å²) in [5.74, 6) is -1.90. The maximum atomic E-state index is 10.5. The Morgan fingerprint density at radius 2 is 1.38 bits per heavy atom. The summed E-state index contributed by atoms with van der Waals surface area (Å²) in [5, 5.41) is 19.9. The van der Waals surface area contributed by atoms with Crippen molar-refractivity contribution in [3.05, 3.63) is 59.7 Å². The smallest absolute Gasteiger partial charge is 0.337 e. The Morgan fingerprint density at radius 1 is 0.905 bits per heavy atom. The molecule has 0 saturated heterocycles. The quantitative estimate of drug-likeness (QED) is 0.645. The van der Waals surface area contributed by atoms with Gasteiger partial charge in [0.25, 0.3) is 0 Å². The van der Waals surface area contributed by atoms with Crippen molar-refractivity contribution in [2.24, 2.45) is 0 Å². The molecule has 110 valence electrons. The fourth-order valence-corrected chi connectivity index (χ4v) is 1.58. The second-order valence-corrected chi connectivity index (χ2v) is 3.99. The Labute approximate surface area is 121 Å². The molecule has 0 unspecified atom stereocenters. The highest BCUT2D eigenvalue weighted by Crippen LogP contribution is 2.13. The van der Waals surface area contributed by atoms with Crippen LogP contribution in [0.4, 0.5) is 11.4 Å². The summed E-state index contributed by atoms with van der Waals surface area (Å²) in [6.45, 7) is 0. The number of nitrogen functional groups attached to an aromatic ring is 1. The molecule has 2 aromatic rings. The van der Waals surface area contributed by atoms with Gasteiger partial charge in [0, 0.05) is 18.4 Å². The first-order valence-electron chi connectivity index (χ1n) is 6.05. The number of carboxylic acids is 2. The first kappa shape index (κ1) is 16.0. The van der Waals surface area contributed by atoms with Gasteiger partial charge in [-0.3, -0.25) is 0 Å². The van der Waals surface area contributed by atoms with Crippen LogP contribution in [0.3, 0.4) is 0 Å². The lowest BCUT2D eigenvalue weighted by atomic mass is 10.2. The average Bonchev–Trinajstić information content (AvgIpc) is 2.48. The van der Waals surface area contributed by atoms with Gasteiger partial charge < -0.3 is 21.3 Å². The SMILES string of the molecule is CNc1ccccc1C(=O)O.Nc1ccccc1C(=O)O. The number of carbonyl (C=O) groups is 2. The number of carboxylic acid groups (broad SMARTS) is 2. The van der Waals surface area contributed by atoms with Gasteiger partial charge in [-0.05, 0) is 24.3 Å². The molecule has 0 amide bonds. The van der Waals surface area contributed by atoms with Gasteiger partial charge in [-0.1, -0.05) is 24.3 Å². The van der Waals surface area contributed by atoms with Gasteiger partial charge in [0.1, 0.15) is 0 Å². The molecule has 0 spiro atoms. The highest BCUT2D eigenvalue weighted by molar-refractivity contribution is 5.94. The monoisotopic (exact) mass is 288 g/mol. The molecule has 2 rings (SSSR count). The number of anilines is 2. The molecule has 0 saturated carbocycles. The lowest BCUT2D eigenvalue weighted by Crippen LogP contribution is -2.01. The number of rotatable bonds is 3. The largest absolute Gasteiger partial charge is 0.478 e. The number of aromatic carboxylic acids is 2. The molecule has 0 atom stereocenters. The molecule has 0 fully saturated rings. The number of benzene rings is 2. The fraction of sp³-hybridized carbons (Fsp3) is 0.0667. The predicted molar refractivity (Wildman–Crippen MR) is 80.8 cm³/mol. The van der Waals surface area contributed by atoms with Crippen molar-refractivity contribution < 1.29 is 19.8 Å².